The number of hydrogen-bond acceptors (Lipinski definition) is 2. The topological polar surface area (TPSA) is 33.4 Å². The second-order valence-corrected chi connectivity index (χ2v) is 6.06. The van der Waals surface area contributed by atoms with Crippen LogP contribution in [-0.4, -0.2) is 5.11 Å². The van der Waals surface area contributed by atoms with Gasteiger partial charge in [-0.1, -0.05) is 45.8 Å². The van der Waals surface area contributed by atoms with Gasteiger partial charge in [-0.05, 0) is 38.1 Å². The number of fused-ring (bicyclic) bond motifs is 1. The summed E-state index contributed by atoms with van der Waals surface area (Å²) >= 11 is 3.48. The van der Waals surface area contributed by atoms with Crippen LogP contribution in [0.15, 0.2) is 57.4 Å². The molecule has 3 heteroatoms. The van der Waals surface area contributed by atoms with E-state index in [0.717, 1.165) is 21.0 Å². The monoisotopic (exact) mass is 330 g/mol. The quantitative estimate of drug-likeness (QED) is 0.734. The highest BCUT2D eigenvalue weighted by atomic mass is 79.9. The zero-order chi connectivity index (χ0) is 14.3. The van der Waals surface area contributed by atoms with Crippen LogP contribution in [0.3, 0.4) is 0 Å². The number of halogens is 1. The van der Waals surface area contributed by atoms with Crippen molar-refractivity contribution in [1.29, 1.82) is 0 Å². The third-order valence-corrected chi connectivity index (χ3v) is 4.24. The molecule has 1 N–H and O–H groups in total. The van der Waals surface area contributed by atoms with Crippen LogP contribution in [0, 0.1) is 6.92 Å². The number of aliphatic hydroxyl groups is 1. The van der Waals surface area contributed by atoms with Gasteiger partial charge >= 0.3 is 0 Å². The summed E-state index contributed by atoms with van der Waals surface area (Å²) in [5.74, 6) is 0.546. The second kappa shape index (κ2) is 4.76. The Kier molecular flexibility index (Phi) is 3.19. The highest BCUT2D eigenvalue weighted by Gasteiger charge is 2.31. The molecule has 2 nitrogen and oxygen atoms in total. The lowest BCUT2D eigenvalue weighted by Crippen LogP contribution is -2.22. The molecule has 3 rings (SSSR count). The van der Waals surface area contributed by atoms with Crippen molar-refractivity contribution in [3.05, 3.63) is 69.9 Å². The summed E-state index contributed by atoms with van der Waals surface area (Å²) in [6, 6.07) is 15.5. The van der Waals surface area contributed by atoms with Gasteiger partial charge in [-0.3, -0.25) is 0 Å². The Hall–Kier alpha value is -1.58. The fourth-order valence-corrected chi connectivity index (χ4v) is 3.06. The van der Waals surface area contributed by atoms with E-state index in [9.17, 15) is 5.11 Å². The molecule has 1 heterocycles. The van der Waals surface area contributed by atoms with E-state index in [1.807, 2.05) is 49.4 Å². The largest absolute Gasteiger partial charge is 0.458 e. The van der Waals surface area contributed by atoms with Crippen molar-refractivity contribution in [2.45, 2.75) is 19.4 Å². The van der Waals surface area contributed by atoms with Crippen LogP contribution in [0.5, 0.6) is 0 Å². The summed E-state index contributed by atoms with van der Waals surface area (Å²) < 4.78 is 6.69. The average molecular weight is 331 g/mol. The molecule has 3 aromatic rings. The maximum atomic E-state index is 10.9. The third-order valence-electron chi connectivity index (χ3n) is 3.55. The van der Waals surface area contributed by atoms with E-state index >= 15 is 0 Å². The first-order valence-electron chi connectivity index (χ1n) is 6.46. The van der Waals surface area contributed by atoms with Crippen molar-refractivity contribution < 1.29 is 9.52 Å². The summed E-state index contributed by atoms with van der Waals surface area (Å²) in [4.78, 5) is 0. The van der Waals surface area contributed by atoms with Crippen LogP contribution >= 0.6 is 15.9 Å². The van der Waals surface area contributed by atoms with Crippen LogP contribution < -0.4 is 0 Å². The van der Waals surface area contributed by atoms with Crippen LogP contribution in [0.25, 0.3) is 11.0 Å². The normalized spacial score (nSPS) is 14.4. The fourth-order valence-electron chi connectivity index (χ4n) is 2.39. The van der Waals surface area contributed by atoms with E-state index < -0.39 is 5.60 Å². The van der Waals surface area contributed by atoms with E-state index in [1.54, 1.807) is 6.92 Å². The van der Waals surface area contributed by atoms with Crippen LogP contribution in [0.4, 0.5) is 0 Å². The van der Waals surface area contributed by atoms with Gasteiger partial charge in [0.1, 0.15) is 16.9 Å². The highest BCUT2D eigenvalue weighted by Crippen LogP contribution is 2.36. The first-order valence-corrected chi connectivity index (χ1v) is 7.26. The first kappa shape index (κ1) is 13.4. The van der Waals surface area contributed by atoms with Gasteiger partial charge in [0.15, 0.2) is 0 Å². The number of hydrogen-bond donors (Lipinski definition) is 1. The summed E-state index contributed by atoms with van der Waals surface area (Å²) in [6.07, 6.45) is 0. The van der Waals surface area contributed by atoms with E-state index in [1.165, 1.54) is 5.56 Å². The van der Waals surface area contributed by atoms with Crippen molar-refractivity contribution in [3.63, 3.8) is 0 Å². The van der Waals surface area contributed by atoms with E-state index in [4.69, 9.17) is 4.42 Å². The molecule has 0 radical (unpaired) electrons. The SMILES string of the molecule is Cc1ccc2oc(C(C)(O)c3ccccc3Br)cc2c1. The van der Waals surface area contributed by atoms with Crippen LogP contribution in [0.2, 0.25) is 0 Å². The average Bonchev–Trinajstić information content (AvgIpc) is 2.82. The molecule has 1 unspecified atom stereocenters. The summed E-state index contributed by atoms with van der Waals surface area (Å²) in [7, 11) is 0. The summed E-state index contributed by atoms with van der Waals surface area (Å²) in [5.41, 5.74) is 1.58. The molecule has 1 atom stereocenters. The Morgan fingerprint density at radius 3 is 2.60 bits per heavy atom. The molecule has 0 aliphatic heterocycles. The molecule has 0 aliphatic carbocycles. The Labute approximate surface area is 126 Å². The second-order valence-electron chi connectivity index (χ2n) is 5.20. The Bertz CT molecular complexity index is 772. The van der Waals surface area contributed by atoms with Crippen molar-refractivity contribution in [2.75, 3.05) is 0 Å². The van der Waals surface area contributed by atoms with Crippen molar-refractivity contribution in [1.82, 2.24) is 0 Å². The highest BCUT2D eigenvalue weighted by molar-refractivity contribution is 9.10. The summed E-state index contributed by atoms with van der Waals surface area (Å²) in [5, 5.41) is 11.9. The van der Waals surface area contributed by atoms with Crippen LogP contribution in [0.1, 0.15) is 23.8 Å². The number of rotatable bonds is 2. The predicted octanol–water partition coefficient (Wildman–Crippen LogP) is 4.76. The molecule has 0 aliphatic rings. The molecular weight excluding hydrogens is 316 g/mol. The molecule has 0 saturated heterocycles. The third kappa shape index (κ3) is 2.17. The van der Waals surface area contributed by atoms with Crippen molar-refractivity contribution in [3.8, 4) is 0 Å². The fraction of sp³-hybridized carbons (Fsp3) is 0.176. The lowest BCUT2D eigenvalue weighted by Gasteiger charge is -2.22. The predicted molar refractivity (Wildman–Crippen MR) is 83.8 cm³/mol. The zero-order valence-corrected chi connectivity index (χ0v) is 12.9. The first-order chi connectivity index (χ1) is 9.48. The zero-order valence-electron chi connectivity index (χ0n) is 11.4. The van der Waals surface area contributed by atoms with Gasteiger partial charge in [-0.25, -0.2) is 0 Å². The minimum absolute atomic E-state index is 0.546. The maximum Gasteiger partial charge on any atom is 0.145 e. The van der Waals surface area contributed by atoms with E-state index in [2.05, 4.69) is 22.0 Å². The van der Waals surface area contributed by atoms with Gasteiger partial charge in [0, 0.05) is 15.4 Å². The Morgan fingerprint density at radius 1 is 1.10 bits per heavy atom. The van der Waals surface area contributed by atoms with Crippen molar-refractivity contribution >= 4 is 26.9 Å². The molecule has 1 aromatic heterocycles. The van der Waals surface area contributed by atoms with Crippen LogP contribution in [-0.2, 0) is 5.60 Å². The van der Waals surface area contributed by atoms with Gasteiger partial charge < -0.3 is 9.52 Å². The van der Waals surface area contributed by atoms with Gasteiger partial charge in [-0.15, -0.1) is 0 Å². The van der Waals surface area contributed by atoms with E-state index in [-0.39, 0.29) is 0 Å². The molecule has 0 bridgehead atoms. The number of benzene rings is 2. The molecule has 0 saturated carbocycles. The van der Waals surface area contributed by atoms with Gasteiger partial charge in [0.05, 0.1) is 0 Å². The number of furan rings is 1. The standard InChI is InChI=1S/C17H15BrO2/c1-11-7-8-15-12(9-11)10-16(20-15)17(2,19)13-5-3-4-6-14(13)18/h3-10,19H,1-2H3. The molecule has 0 spiro atoms. The maximum absolute atomic E-state index is 10.9. The molecular formula is C17H15BrO2. The van der Waals surface area contributed by atoms with Gasteiger partial charge in [0.2, 0.25) is 0 Å². The van der Waals surface area contributed by atoms with Gasteiger partial charge in [-0.2, -0.15) is 0 Å². The molecule has 0 fully saturated rings. The minimum Gasteiger partial charge on any atom is -0.458 e. The summed E-state index contributed by atoms with van der Waals surface area (Å²) in [6.45, 7) is 3.79. The van der Waals surface area contributed by atoms with E-state index in [0.29, 0.717) is 5.76 Å². The lowest BCUT2D eigenvalue weighted by molar-refractivity contribution is 0.0779. The number of aryl methyl sites for hydroxylation is 1. The Morgan fingerprint density at radius 2 is 1.85 bits per heavy atom. The minimum atomic E-state index is -1.17. The molecule has 102 valence electrons. The van der Waals surface area contributed by atoms with Gasteiger partial charge in [0.25, 0.3) is 0 Å². The smallest absolute Gasteiger partial charge is 0.145 e. The molecule has 2 aromatic carbocycles. The Balaban J connectivity index is 2.16. The van der Waals surface area contributed by atoms with Crippen molar-refractivity contribution in [2.24, 2.45) is 0 Å². The molecule has 20 heavy (non-hydrogen) atoms. The molecule has 0 amide bonds. The lowest BCUT2D eigenvalue weighted by atomic mass is 9.93.